The van der Waals surface area contributed by atoms with Crippen molar-refractivity contribution in [1.82, 2.24) is 0 Å². The van der Waals surface area contributed by atoms with Crippen molar-refractivity contribution in [3.63, 3.8) is 0 Å². The highest BCUT2D eigenvalue weighted by Crippen LogP contribution is 1.81. The molecule has 0 aliphatic heterocycles. The van der Waals surface area contributed by atoms with Gasteiger partial charge in [0.25, 0.3) is 0 Å². The Hall–Kier alpha value is -0.160. The molecule has 0 rings (SSSR count). The fourth-order valence-corrected chi connectivity index (χ4v) is 0.520. The third-order valence-electron chi connectivity index (χ3n) is 1.11. The van der Waals surface area contributed by atoms with Gasteiger partial charge in [0.1, 0.15) is 13.6 Å². The van der Waals surface area contributed by atoms with Gasteiger partial charge in [0, 0.05) is 13.2 Å². The summed E-state index contributed by atoms with van der Waals surface area (Å²) in [6, 6.07) is 0. The van der Waals surface area contributed by atoms with Crippen LogP contribution in [0, 0.1) is 0 Å². The van der Waals surface area contributed by atoms with Gasteiger partial charge >= 0.3 is 0 Å². The lowest BCUT2D eigenvalue weighted by atomic mass is 10.8. The van der Waals surface area contributed by atoms with Crippen LogP contribution >= 0.6 is 0 Å². The maximum atomic E-state index is 5.05. The van der Waals surface area contributed by atoms with Gasteiger partial charge in [-0.2, -0.15) is 0 Å². The molecule has 0 aliphatic carbocycles. The first-order chi connectivity index (χ1) is 5.91. The Labute approximate surface area is 73.7 Å². The van der Waals surface area contributed by atoms with Crippen molar-refractivity contribution < 1.29 is 18.9 Å². The minimum atomic E-state index is 0.342. The summed E-state index contributed by atoms with van der Waals surface area (Å²) >= 11 is 0. The Bertz CT molecular complexity index is 67.5. The molecule has 0 spiro atoms. The Balaban J connectivity index is 2.73. The molecule has 4 heteroatoms. The lowest BCUT2D eigenvalue weighted by Gasteiger charge is -2.05. The molecule has 0 aromatic carbocycles. The van der Waals surface area contributed by atoms with Crippen molar-refractivity contribution in [3.8, 4) is 0 Å². The van der Waals surface area contributed by atoms with Crippen LogP contribution in [0.15, 0.2) is 0 Å². The van der Waals surface area contributed by atoms with E-state index in [1.54, 1.807) is 0 Å². The summed E-state index contributed by atoms with van der Waals surface area (Å²) in [7, 11) is 0. The minimum absolute atomic E-state index is 0.342. The van der Waals surface area contributed by atoms with Crippen LogP contribution in [0.3, 0.4) is 0 Å². The fourth-order valence-electron chi connectivity index (χ4n) is 0.520. The van der Waals surface area contributed by atoms with Gasteiger partial charge in [0.15, 0.2) is 0 Å². The molecule has 0 saturated carbocycles. The van der Waals surface area contributed by atoms with Gasteiger partial charge in [0.2, 0.25) is 0 Å². The number of hydrogen-bond acceptors (Lipinski definition) is 4. The molecule has 0 aromatic heterocycles. The Morgan fingerprint density at radius 3 is 1.42 bits per heavy atom. The van der Waals surface area contributed by atoms with Crippen molar-refractivity contribution in [1.29, 1.82) is 0 Å². The minimum Gasteiger partial charge on any atom is -0.356 e. The van der Waals surface area contributed by atoms with E-state index in [0.29, 0.717) is 40.0 Å². The highest BCUT2D eigenvalue weighted by atomic mass is 16.7. The predicted octanol–water partition coefficient (Wildman–Crippen LogP) is 1.01. The molecule has 74 valence electrons. The van der Waals surface area contributed by atoms with Gasteiger partial charge < -0.3 is 18.9 Å². The first-order valence-corrected chi connectivity index (χ1v) is 4.22. The van der Waals surface area contributed by atoms with E-state index in [2.05, 4.69) is 0 Å². The summed E-state index contributed by atoms with van der Waals surface area (Å²) in [6.07, 6.45) is 0. The van der Waals surface area contributed by atoms with Crippen LogP contribution in [0.2, 0.25) is 0 Å². The first-order valence-electron chi connectivity index (χ1n) is 4.22. The van der Waals surface area contributed by atoms with E-state index < -0.39 is 0 Å². The van der Waals surface area contributed by atoms with E-state index >= 15 is 0 Å². The first kappa shape index (κ1) is 11.8. The Morgan fingerprint density at radius 2 is 1.08 bits per heavy atom. The number of rotatable bonds is 9. The van der Waals surface area contributed by atoms with E-state index in [9.17, 15) is 0 Å². The zero-order chi connectivity index (χ0) is 9.07. The van der Waals surface area contributed by atoms with Gasteiger partial charge in [-0.1, -0.05) is 0 Å². The highest BCUT2D eigenvalue weighted by molar-refractivity contribution is 4.23. The molecule has 0 atom stereocenters. The predicted molar refractivity (Wildman–Crippen MR) is 44.9 cm³/mol. The molecule has 0 aliphatic rings. The second kappa shape index (κ2) is 10.8. The third kappa shape index (κ3) is 9.84. The molecule has 0 saturated heterocycles. The normalized spacial score (nSPS) is 10.5. The molecular weight excluding hydrogens is 160 g/mol. The summed E-state index contributed by atoms with van der Waals surface area (Å²) in [5, 5.41) is 0. The second-order valence-corrected chi connectivity index (χ2v) is 2.04. The van der Waals surface area contributed by atoms with E-state index in [0.717, 1.165) is 0 Å². The van der Waals surface area contributed by atoms with Crippen molar-refractivity contribution >= 4 is 0 Å². The summed E-state index contributed by atoms with van der Waals surface area (Å²) < 4.78 is 20.0. The summed E-state index contributed by atoms with van der Waals surface area (Å²) in [5.41, 5.74) is 0. The van der Waals surface area contributed by atoms with Crippen LogP contribution < -0.4 is 0 Å². The average Bonchev–Trinajstić information content (AvgIpc) is 2.10. The van der Waals surface area contributed by atoms with Crippen molar-refractivity contribution in [2.45, 2.75) is 13.8 Å². The molecule has 0 N–H and O–H groups in total. The Morgan fingerprint density at radius 1 is 0.667 bits per heavy atom. The molecule has 0 amide bonds. The molecular formula is C8H18O4. The van der Waals surface area contributed by atoms with Gasteiger partial charge in [-0.15, -0.1) is 0 Å². The summed E-state index contributed by atoms with van der Waals surface area (Å²) in [4.78, 5) is 0. The smallest absolute Gasteiger partial charge is 0.146 e. The lowest BCUT2D eigenvalue weighted by molar-refractivity contribution is -0.0958. The SMILES string of the molecule is CCOCOCCOCOCC. The summed E-state index contributed by atoms with van der Waals surface area (Å²) in [5.74, 6) is 0. The van der Waals surface area contributed by atoms with Crippen LogP contribution in [0.4, 0.5) is 0 Å². The maximum absolute atomic E-state index is 5.05. The molecule has 0 radical (unpaired) electrons. The van der Waals surface area contributed by atoms with E-state index in [-0.39, 0.29) is 0 Å². The van der Waals surface area contributed by atoms with Crippen LogP contribution in [0.5, 0.6) is 0 Å². The van der Waals surface area contributed by atoms with Crippen molar-refractivity contribution in [2.24, 2.45) is 0 Å². The van der Waals surface area contributed by atoms with Crippen molar-refractivity contribution in [3.05, 3.63) is 0 Å². The lowest BCUT2D eigenvalue weighted by Crippen LogP contribution is -2.09. The molecule has 0 unspecified atom stereocenters. The largest absolute Gasteiger partial charge is 0.356 e. The molecule has 12 heavy (non-hydrogen) atoms. The van der Waals surface area contributed by atoms with Gasteiger partial charge in [0.05, 0.1) is 13.2 Å². The van der Waals surface area contributed by atoms with E-state index in [4.69, 9.17) is 18.9 Å². The van der Waals surface area contributed by atoms with Crippen LogP contribution in [0.25, 0.3) is 0 Å². The third-order valence-corrected chi connectivity index (χ3v) is 1.11. The van der Waals surface area contributed by atoms with E-state index in [1.807, 2.05) is 13.8 Å². The molecule has 4 nitrogen and oxygen atoms in total. The van der Waals surface area contributed by atoms with Gasteiger partial charge in [-0.25, -0.2) is 0 Å². The monoisotopic (exact) mass is 178 g/mol. The molecule has 0 aromatic rings. The number of ether oxygens (including phenoxy) is 4. The zero-order valence-corrected chi connectivity index (χ0v) is 7.88. The quantitative estimate of drug-likeness (QED) is 0.390. The van der Waals surface area contributed by atoms with Crippen LogP contribution in [-0.4, -0.2) is 40.0 Å². The standard InChI is InChI=1S/C8H18O4/c1-3-9-7-11-5-6-12-8-10-4-2/h3-8H2,1-2H3. The zero-order valence-electron chi connectivity index (χ0n) is 7.88. The van der Waals surface area contributed by atoms with Crippen molar-refractivity contribution in [2.75, 3.05) is 40.0 Å². The molecule has 0 bridgehead atoms. The Kier molecular flexibility index (Phi) is 10.7. The summed E-state index contributed by atoms with van der Waals surface area (Å²) in [6.45, 7) is 6.99. The van der Waals surface area contributed by atoms with Crippen LogP contribution in [0.1, 0.15) is 13.8 Å². The van der Waals surface area contributed by atoms with Gasteiger partial charge in [-0.05, 0) is 13.8 Å². The van der Waals surface area contributed by atoms with Gasteiger partial charge in [-0.3, -0.25) is 0 Å². The van der Waals surface area contributed by atoms with E-state index in [1.165, 1.54) is 0 Å². The van der Waals surface area contributed by atoms with Crippen LogP contribution in [-0.2, 0) is 18.9 Å². The maximum Gasteiger partial charge on any atom is 0.146 e. The topological polar surface area (TPSA) is 36.9 Å². The molecule has 0 heterocycles. The fraction of sp³-hybridized carbons (Fsp3) is 1.00. The highest BCUT2D eigenvalue weighted by Gasteiger charge is 1.88. The second-order valence-electron chi connectivity index (χ2n) is 2.04. The number of hydrogen-bond donors (Lipinski definition) is 0. The average molecular weight is 178 g/mol. The molecule has 0 fully saturated rings.